The lowest BCUT2D eigenvalue weighted by molar-refractivity contribution is 0.598. The Morgan fingerprint density at radius 3 is 2.31 bits per heavy atom. The summed E-state index contributed by atoms with van der Waals surface area (Å²) in [6.07, 6.45) is 1.80. The average molecular weight is 238 g/mol. The summed E-state index contributed by atoms with van der Waals surface area (Å²) in [5, 5.41) is 0. The van der Waals surface area contributed by atoms with Crippen LogP contribution >= 0.6 is 0 Å². The van der Waals surface area contributed by atoms with Crippen LogP contribution in [-0.2, 0) is 9.84 Å². The molecule has 1 aromatic rings. The monoisotopic (exact) mass is 238 g/mol. The van der Waals surface area contributed by atoms with Gasteiger partial charge in [0.25, 0.3) is 0 Å². The molecule has 88 valence electrons. The molecule has 0 saturated heterocycles. The summed E-state index contributed by atoms with van der Waals surface area (Å²) in [6, 6.07) is 8.56. The van der Waals surface area contributed by atoms with Crippen LogP contribution in [0.4, 0.5) is 0 Å². The number of hydrogen-bond acceptors (Lipinski definition) is 2. The van der Waals surface area contributed by atoms with Crippen molar-refractivity contribution in [2.45, 2.75) is 25.7 Å². The van der Waals surface area contributed by atoms with Gasteiger partial charge in [-0.2, -0.15) is 0 Å². The molecule has 0 aliphatic rings. The maximum atomic E-state index is 11.9. The molecule has 3 heteroatoms. The minimum atomic E-state index is -3.17. The summed E-state index contributed by atoms with van der Waals surface area (Å²) in [4.78, 5) is 0.391. The molecule has 1 rings (SSSR count). The zero-order chi connectivity index (χ0) is 12.2. The number of allylic oxidation sites excluding steroid dienone is 1. The normalized spacial score (nSPS) is 13.1. The molecule has 0 N–H and O–H groups in total. The van der Waals surface area contributed by atoms with Crippen molar-refractivity contribution >= 4 is 9.84 Å². The summed E-state index contributed by atoms with van der Waals surface area (Å²) in [5.41, 5.74) is 1.11. The van der Waals surface area contributed by atoms with Gasteiger partial charge in [0.2, 0.25) is 0 Å². The van der Waals surface area contributed by atoms with Crippen LogP contribution in [0.25, 0.3) is 0 Å². The quantitative estimate of drug-likeness (QED) is 0.755. The Morgan fingerprint density at radius 2 is 1.81 bits per heavy atom. The molecule has 1 aromatic carbocycles. The third-order valence-corrected chi connectivity index (χ3v) is 4.23. The number of rotatable bonds is 4. The number of sulfone groups is 1. The molecule has 0 saturated carbocycles. The fourth-order valence-corrected chi connectivity index (χ4v) is 2.45. The molecule has 16 heavy (non-hydrogen) atoms. The Kier molecular flexibility index (Phi) is 4.30. The summed E-state index contributed by atoms with van der Waals surface area (Å²) in [5.74, 6) is 0.479. The molecule has 0 aliphatic carbocycles. The largest absolute Gasteiger partial charge is 0.223 e. The molecule has 0 spiro atoms. The molecule has 0 amide bonds. The van der Waals surface area contributed by atoms with Gasteiger partial charge in [-0.3, -0.25) is 0 Å². The Balaban J connectivity index is 2.86. The van der Waals surface area contributed by atoms with E-state index in [4.69, 9.17) is 0 Å². The Bertz CT molecular complexity index is 456. The predicted octanol–water partition coefficient (Wildman–Crippen LogP) is 3.06. The molecule has 0 radical (unpaired) electrons. The summed E-state index contributed by atoms with van der Waals surface area (Å²) in [7, 11) is -3.17. The molecule has 0 unspecified atom stereocenters. The van der Waals surface area contributed by atoms with E-state index in [1.807, 2.05) is 13.0 Å². The van der Waals surface area contributed by atoms with Gasteiger partial charge < -0.3 is 0 Å². The van der Waals surface area contributed by atoms with Gasteiger partial charge in [-0.15, -0.1) is 0 Å². The smallest absolute Gasteiger partial charge is 0.181 e. The second-order valence-electron chi connectivity index (χ2n) is 4.20. The highest BCUT2D eigenvalue weighted by Crippen LogP contribution is 2.13. The fraction of sp³-hybridized carbons (Fsp3) is 0.385. The molecule has 0 atom stereocenters. The minimum absolute atomic E-state index is 0.0844. The van der Waals surface area contributed by atoms with Crippen molar-refractivity contribution in [3.63, 3.8) is 0 Å². The number of hydrogen-bond donors (Lipinski definition) is 0. The van der Waals surface area contributed by atoms with Gasteiger partial charge in [0.1, 0.15) is 0 Å². The van der Waals surface area contributed by atoms with Crippen LogP contribution in [0.5, 0.6) is 0 Å². The second kappa shape index (κ2) is 5.30. The molecular formula is C13H18O2S. The van der Waals surface area contributed by atoms with E-state index in [-0.39, 0.29) is 5.75 Å². The lowest BCUT2D eigenvalue weighted by atomic mass is 10.1. The lowest BCUT2D eigenvalue weighted by Crippen LogP contribution is -2.05. The lowest BCUT2D eigenvalue weighted by Gasteiger charge is -2.05. The first-order valence-electron chi connectivity index (χ1n) is 5.38. The van der Waals surface area contributed by atoms with E-state index in [2.05, 4.69) is 13.8 Å². The van der Waals surface area contributed by atoms with Crippen molar-refractivity contribution in [1.29, 1.82) is 0 Å². The zero-order valence-electron chi connectivity index (χ0n) is 9.97. The average Bonchev–Trinajstić information content (AvgIpc) is 2.27. The SMILES string of the molecule is C/C(=C/CS(=O)(=O)c1ccccc1)C(C)C. The molecule has 2 nitrogen and oxygen atoms in total. The van der Waals surface area contributed by atoms with Crippen LogP contribution in [0.2, 0.25) is 0 Å². The van der Waals surface area contributed by atoms with E-state index in [0.29, 0.717) is 10.8 Å². The summed E-state index contributed by atoms with van der Waals surface area (Å²) >= 11 is 0. The van der Waals surface area contributed by atoms with Crippen molar-refractivity contribution in [3.8, 4) is 0 Å². The van der Waals surface area contributed by atoms with Crippen molar-refractivity contribution < 1.29 is 8.42 Å². The Morgan fingerprint density at radius 1 is 1.25 bits per heavy atom. The van der Waals surface area contributed by atoms with Gasteiger partial charge in [0.05, 0.1) is 10.6 Å². The first-order chi connectivity index (χ1) is 7.43. The molecule has 0 heterocycles. The van der Waals surface area contributed by atoms with Crippen molar-refractivity contribution in [3.05, 3.63) is 42.0 Å². The Labute approximate surface area is 97.9 Å². The summed E-state index contributed by atoms with van der Waals surface area (Å²) < 4.78 is 23.8. The van der Waals surface area contributed by atoms with Gasteiger partial charge in [-0.25, -0.2) is 8.42 Å². The standard InChI is InChI=1S/C13H18O2S/c1-11(2)12(3)9-10-16(14,15)13-7-5-4-6-8-13/h4-9,11H,10H2,1-3H3/b12-9-. The molecule has 0 bridgehead atoms. The van der Waals surface area contributed by atoms with Gasteiger partial charge >= 0.3 is 0 Å². The molecule has 0 fully saturated rings. The minimum Gasteiger partial charge on any atom is -0.223 e. The third kappa shape index (κ3) is 3.49. The van der Waals surface area contributed by atoms with Crippen LogP contribution in [0.15, 0.2) is 46.9 Å². The zero-order valence-corrected chi connectivity index (χ0v) is 10.8. The maximum absolute atomic E-state index is 11.9. The van der Waals surface area contributed by atoms with Gasteiger partial charge in [0, 0.05) is 0 Å². The maximum Gasteiger partial charge on any atom is 0.181 e. The van der Waals surface area contributed by atoms with Crippen LogP contribution in [-0.4, -0.2) is 14.2 Å². The molecular weight excluding hydrogens is 220 g/mol. The van der Waals surface area contributed by atoms with E-state index in [1.54, 1.807) is 30.3 Å². The van der Waals surface area contributed by atoms with E-state index in [0.717, 1.165) is 5.57 Å². The molecule has 0 aliphatic heterocycles. The Hall–Kier alpha value is -1.09. The van der Waals surface area contributed by atoms with E-state index >= 15 is 0 Å². The van der Waals surface area contributed by atoms with E-state index in [1.165, 1.54) is 0 Å². The van der Waals surface area contributed by atoms with E-state index < -0.39 is 9.84 Å². The summed E-state index contributed by atoms with van der Waals surface area (Å²) in [6.45, 7) is 6.08. The van der Waals surface area contributed by atoms with Crippen LogP contribution in [0.3, 0.4) is 0 Å². The van der Waals surface area contributed by atoms with Crippen LogP contribution in [0, 0.1) is 5.92 Å². The van der Waals surface area contributed by atoms with Crippen LogP contribution in [0.1, 0.15) is 20.8 Å². The van der Waals surface area contributed by atoms with Crippen molar-refractivity contribution in [2.75, 3.05) is 5.75 Å². The van der Waals surface area contributed by atoms with Gasteiger partial charge in [-0.1, -0.05) is 43.7 Å². The van der Waals surface area contributed by atoms with Gasteiger partial charge in [-0.05, 0) is 25.0 Å². The third-order valence-electron chi connectivity index (χ3n) is 2.64. The highest BCUT2D eigenvalue weighted by Gasteiger charge is 2.12. The highest BCUT2D eigenvalue weighted by molar-refractivity contribution is 7.91. The number of benzene rings is 1. The van der Waals surface area contributed by atoms with Gasteiger partial charge in [0.15, 0.2) is 9.84 Å². The first kappa shape index (κ1) is 13.0. The second-order valence-corrected chi connectivity index (χ2v) is 6.23. The topological polar surface area (TPSA) is 34.1 Å². The van der Waals surface area contributed by atoms with Crippen LogP contribution < -0.4 is 0 Å². The van der Waals surface area contributed by atoms with E-state index in [9.17, 15) is 8.42 Å². The highest BCUT2D eigenvalue weighted by atomic mass is 32.2. The van der Waals surface area contributed by atoms with Crippen molar-refractivity contribution in [2.24, 2.45) is 5.92 Å². The fourth-order valence-electron chi connectivity index (χ4n) is 1.20. The molecule has 0 aromatic heterocycles. The first-order valence-corrected chi connectivity index (χ1v) is 7.03. The predicted molar refractivity (Wildman–Crippen MR) is 67.1 cm³/mol. The van der Waals surface area contributed by atoms with Crippen molar-refractivity contribution in [1.82, 2.24) is 0 Å².